The van der Waals surface area contributed by atoms with E-state index in [1.54, 1.807) is 0 Å². The molecule has 2 aliphatic rings. The second-order valence-electron chi connectivity index (χ2n) is 5.88. The van der Waals surface area contributed by atoms with Crippen LogP contribution in [0.5, 0.6) is 5.75 Å². The van der Waals surface area contributed by atoms with Gasteiger partial charge in [0.15, 0.2) is 0 Å². The van der Waals surface area contributed by atoms with Gasteiger partial charge in [0, 0.05) is 19.0 Å². The first-order valence-corrected chi connectivity index (χ1v) is 7.80. The van der Waals surface area contributed by atoms with Crippen LogP contribution in [0.3, 0.4) is 0 Å². The predicted molar refractivity (Wildman–Crippen MR) is 86.2 cm³/mol. The summed E-state index contributed by atoms with van der Waals surface area (Å²) in [4.78, 5) is 8.39. The number of fused-ring (bicyclic) bond motifs is 2. The lowest BCUT2D eigenvalue weighted by atomic mass is 9.92. The van der Waals surface area contributed by atoms with E-state index in [0.29, 0.717) is 11.1 Å². The lowest BCUT2D eigenvalue weighted by molar-refractivity contribution is 0.228. The predicted octanol–water partition coefficient (Wildman–Crippen LogP) is 3.32. The van der Waals surface area contributed by atoms with Crippen molar-refractivity contribution in [1.82, 2.24) is 15.3 Å². The van der Waals surface area contributed by atoms with E-state index in [1.165, 1.54) is 11.9 Å². The molecule has 1 fully saturated rings. The molecule has 1 atom stereocenters. The number of halogens is 1. The van der Waals surface area contributed by atoms with E-state index in [4.69, 9.17) is 16.3 Å². The Bertz CT molecular complexity index is 745. The van der Waals surface area contributed by atoms with E-state index in [0.717, 1.165) is 41.5 Å². The summed E-state index contributed by atoms with van der Waals surface area (Å²) >= 11 is 6.23. The van der Waals surface area contributed by atoms with Gasteiger partial charge in [0.05, 0.1) is 11.3 Å². The number of hydrogen-bond donors (Lipinski definition) is 2. The molecule has 1 aromatic carbocycles. The van der Waals surface area contributed by atoms with E-state index in [2.05, 4.69) is 39.7 Å². The first-order chi connectivity index (χ1) is 10.6. The second-order valence-corrected chi connectivity index (χ2v) is 6.24. The summed E-state index contributed by atoms with van der Waals surface area (Å²) in [5.74, 6) is 2.15. The number of anilines is 2. The Morgan fingerprint density at radius 3 is 2.82 bits per heavy atom. The Morgan fingerprint density at radius 1 is 1.27 bits per heavy atom. The van der Waals surface area contributed by atoms with Gasteiger partial charge < -0.3 is 15.4 Å². The van der Waals surface area contributed by atoms with Crippen LogP contribution < -0.4 is 15.4 Å². The molecule has 0 bridgehead atoms. The summed E-state index contributed by atoms with van der Waals surface area (Å²) in [6.07, 6.45) is 1.27. The van der Waals surface area contributed by atoms with Gasteiger partial charge in [-0.1, -0.05) is 17.7 Å². The lowest BCUT2D eigenvalue weighted by Crippen LogP contribution is -2.39. The Morgan fingerprint density at radius 2 is 2.09 bits per heavy atom. The van der Waals surface area contributed by atoms with E-state index >= 15 is 0 Å². The minimum Gasteiger partial charge on any atom is -0.483 e. The molecule has 5 nitrogen and oxygen atoms in total. The van der Waals surface area contributed by atoms with E-state index in [9.17, 15) is 0 Å². The maximum absolute atomic E-state index is 6.23. The quantitative estimate of drug-likeness (QED) is 0.790. The van der Waals surface area contributed by atoms with Crippen molar-refractivity contribution in [3.8, 4) is 5.75 Å². The summed E-state index contributed by atoms with van der Waals surface area (Å²) in [5, 5.41) is 7.12. The summed E-state index contributed by atoms with van der Waals surface area (Å²) in [6.45, 7) is 6.10. The summed E-state index contributed by atoms with van der Waals surface area (Å²) in [6, 6.07) is 4.37. The number of hydrogen-bond acceptors (Lipinski definition) is 5. The second kappa shape index (κ2) is 5.11. The molecule has 0 aliphatic carbocycles. The molecule has 4 rings (SSSR count). The minimum absolute atomic E-state index is 0.202. The van der Waals surface area contributed by atoms with E-state index in [-0.39, 0.29) is 6.10 Å². The molecule has 1 saturated heterocycles. The van der Waals surface area contributed by atoms with E-state index in [1.807, 2.05) is 6.92 Å². The first-order valence-electron chi connectivity index (χ1n) is 7.43. The molecule has 0 saturated carbocycles. The minimum atomic E-state index is -0.202. The van der Waals surface area contributed by atoms with Crippen LogP contribution in [-0.4, -0.2) is 23.1 Å². The Balaban J connectivity index is 1.83. The molecule has 2 aromatic rings. The fourth-order valence-electron chi connectivity index (χ4n) is 3.01. The molecule has 2 N–H and O–H groups in total. The summed E-state index contributed by atoms with van der Waals surface area (Å²) in [7, 11) is 0. The van der Waals surface area contributed by atoms with Gasteiger partial charge in [-0.05, 0) is 31.0 Å². The molecular weight excluding hydrogens is 300 g/mol. The van der Waals surface area contributed by atoms with Gasteiger partial charge >= 0.3 is 0 Å². The third kappa shape index (κ3) is 2.12. The van der Waals surface area contributed by atoms with Gasteiger partial charge in [-0.3, -0.25) is 0 Å². The summed E-state index contributed by atoms with van der Waals surface area (Å²) < 4.78 is 6.14. The highest BCUT2D eigenvalue weighted by Crippen LogP contribution is 2.43. The molecule has 6 heteroatoms. The third-order valence-corrected chi connectivity index (χ3v) is 4.64. The highest BCUT2D eigenvalue weighted by molar-refractivity contribution is 6.30. The van der Waals surface area contributed by atoms with Crippen molar-refractivity contribution in [2.75, 3.05) is 18.4 Å². The standard InChI is InChI=1S/C16H17ClN4O/c1-8-3-10(11-5-18-6-11)4-12-14(8)22-9(2)13-15(17)19-7-20-16(13)21-12/h3-4,7,9,11,18H,5-6H2,1-2H3,(H,19,20,21). The van der Waals surface area contributed by atoms with Crippen molar-refractivity contribution in [2.24, 2.45) is 0 Å². The Kier molecular flexibility index (Phi) is 3.20. The molecule has 1 unspecified atom stereocenters. The van der Waals surface area contributed by atoms with Crippen molar-refractivity contribution in [3.05, 3.63) is 40.3 Å². The molecule has 0 spiro atoms. The monoisotopic (exact) mass is 316 g/mol. The van der Waals surface area contributed by atoms with Crippen LogP contribution in [0.15, 0.2) is 18.5 Å². The first kappa shape index (κ1) is 13.8. The number of aromatic nitrogens is 2. The van der Waals surface area contributed by atoms with Gasteiger partial charge in [0.25, 0.3) is 0 Å². The van der Waals surface area contributed by atoms with Crippen LogP contribution >= 0.6 is 11.6 Å². The van der Waals surface area contributed by atoms with Gasteiger partial charge in [0.2, 0.25) is 0 Å². The molecule has 1 aromatic heterocycles. The topological polar surface area (TPSA) is 59.1 Å². The van der Waals surface area contributed by atoms with Crippen LogP contribution in [0.4, 0.5) is 11.5 Å². The number of ether oxygens (including phenoxy) is 1. The number of nitrogens with zero attached hydrogens (tertiary/aromatic N) is 2. The fraction of sp³-hybridized carbons (Fsp3) is 0.375. The Hall–Kier alpha value is -1.85. The normalized spacial score (nSPS) is 20.0. The molecule has 22 heavy (non-hydrogen) atoms. The Labute approximate surface area is 134 Å². The zero-order valence-corrected chi connectivity index (χ0v) is 13.2. The molecule has 0 radical (unpaired) electrons. The van der Waals surface area contributed by atoms with Crippen LogP contribution in [0.1, 0.15) is 35.6 Å². The van der Waals surface area contributed by atoms with E-state index < -0.39 is 0 Å². The number of benzene rings is 1. The van der Waals surface area contributed by atoms with Crippen molar-refractivity contribution in [2.45, 2.75) is 25.9 Å². The number of nitrogens with one attached hydrogen (secondary N) is 2. The van der Waals surface area contributed by atoms with Gasteiger partial charge in [-0.15, -0.1) is 0 Å². The van der Waals surface area contributed by atoms with Crippen molar-refractivity contribution in [3.63, 3.8) is 0 Å². The molecule has 2 aliphatic heterocycles. The van der Waals surface area contributed by atoms with Crippen molar-refractivity contribution in [1.29, 1.82) is 0 Å². The van der Waals surface area contributed by atoms with Crippen LogP contribution in [0.2, 0.25) is 5.15 Å². The lowest BCUT2D eigenvalue weighted by Gasteiger charge is -2.28. The fourth-order valence-corrected chi connectivity index (χ4v) is 3.30. The smallest absolute Gasteiger partial charge is 0.146 e. The zero-order chi connectivity index (χ0) is 15.3. The van der Waals surface area contributed by atoms with Gasteiger partial charge in [-0.25, -0.2) is 9.97 Å². The van der Waals surface area contributed by atoms with Crippen LogP contribution in [0.25, 0.3) is 0 Å². The maximum Gasteiger partial charge on any atom is 0.146 e. The number of rotatable bonds is 1. The average Bonchev–Trinajstić information content (AvgIpc) is 2.54. The third-order valence-electron chi connectivity index (χ3n) is 4.34. The van der Waals surface area contributed by atoms with Gasteiger partial charge in [-0.2, -0.15) is 0 Å². The molecule has 114 valence electrons. The van der Waals surface area contributed by atoms with Crippen molar-refractivity contribution >= 4 is 23.1 Å². The SMILES string of the molecule is Cc1cc(C2CNC2)cc2c1OC(C)c1c(Cl)ncnc1N2. The van der Waals surface area contributed by atoms with Crippen LogP contribution in [-0.2, 0) is 0 Å². The highest BCUT2D eigenvalue weighted by atomic mass is 35.5. The molecule has 3 heterocycles. The molecule has 0 amide bonds. The average molecular weight is 317 g/mol. The largest absolute Gasteiger partial charge is 0.483 e. The van der Waals surface area contributed by atoms with Crippen molar-refractivity contribution < 1.29 is 4.74 Å². The number of aryl methyl sites for hydroxylation is 1. The molecular formula is C16H17ClN4O. The zero-order valence-electron chi connectivity index (χ0n) is 12.5. The van der Waals surface area contributed by atoms with Crippen LogP contribution in [0, 0.1) is 6.92 Å². The highest BCUT2D eigenvalue weighted by Gasteiger charge is 2.27. The maximum atomic E-state index is 6.23. The van der Waals surface area contributed by atoms with Gasteiger partial charge in [0.1, 0.15) is 29.2 Å². The summed E-state index contributed by atoms with van der Waals surface area (Å²) in [5.41, 5.74) is 4.19.